The summed E-state index contributed by atoms with van der Waals surface area (Å²) in [5.74, 6) is 0. The van der Waals surface area contributed by atoms with Crippen molar-refractivity contribution in [2.24, 2.45) is 5.41 Å². The van der Waals surface area contributed by atoms with Gasteiger partial charge in [0.05, 0.1) is 6.10 Å². The van der Waals surface area contributed by atoms with E-state index in [4.69, 9.17) is 5.11 Å². The Bertz CT molecular complexity index is 240. The maximum absolute atomic E-state index is 11.1. The summed E-state index contributed by atoms with van der Waals surface area (Å²) in [5.41, 5.74) is -0.0697. The van der Waals surface area contributed by atoms with E-state index in [0.29, 0.717) is 19.4 Å². The van der Waals surface area contributed by atoms with Crippen LogP contribution in [0.2, 0.25) is 0 Å². The van der Waals surface area contributed by atoms with E-state index in [1.54, 1.807) is 0 Å². The Morgan fingerprint density at radius 2 is 2.13 bits per heavy atom. The number of likely N-dealkylation sites (tertiary alicyclic amines) is 1. The van der Waals surface area contributed by atoms with Gasteiger partial charge in [0.25, 0.3) is 0 Å². The summed E-state index contributed by atoms with van der Waals surface area (Å²) in [4.78, 5) is 12.6. The standard InChI is InChI=1S/C11H21NO3/c1-4-11(2,3)9-7-8(13)5-6-12(9)10(14)15/h8-9,13H,4-7H2,1-3H3,(H,14,15). The highest BCUT2D eigenvalue weighted by Gasteiger charge is 2.39. The van der Waals surface area contributed by atoms with E-state index >= 15 is 0 Å². The maximum Gasteiger partial charge on any atom is 0.407 e. The number of amides is 1. The molecule has 2 unspecified atom stereocenters. The summed E-state index contributed by atoms with van der Waals surface area (Å²) in [6, 6.07) is -0.0660. The van der Waals surface area contributed by atoms with Crippen LogP contribution in [0.5, 0.6) is 0 Å². The lowest BCUT2D eigenvalue weighted by molar-refractivity contribution is -0.00265. The first-order valence-electron chi connectivity index (χ1n) is 5.56. The highest BCUT2D eigenvalue weighted by molar-refractivity contribution is 5.65. The zero-order valence-corrected chi connectivity index (χ0v) is 9.73. The summed E-state index contributed by atoms with van der Waals surface area (Å²) in [6.07, 6.45) is 0.814. The molecule has 0 bridgehead atoms. The smallest absolute Gasteiger partial charge is 0.407 e. The van der Waals surface area contributed by atoms with E-state index in [1.165, 1.54) is 4.90 Å². The molecule has 15 heavy (non-hydrogen) atoms. The number of hydrogen-bond acceptors (Lipinski definition) is 2. The van der Waals surface area contributed by atoms with Gasteiger partial charge in [-0.3, -0.25) is 0 Å². The van der Waals surface area contributed by atoms with Crippen molar-refractivity contribution < 1.29 is 15.0 Å². The van der Waals surface area contributed by atoms with E-state index in [9.17, 15) is 9.90 Å². The molecule has 1 rings (SSSR count). The molecule has 1 fully saturated rings. The van der Waals surface area contributed by atoms with Crippen LogP contribution in [0.4, 0.5) is 4.79 Å². The number of hydrogen-bond donors (Lipinski definition) is 2. The average Bonchev–Trinajstić information content (AvgIpc) is 2.17. The summed E-state index contributed by atoms with van der Waals surface area (Å²) in [6.45, 7) is 6.63. The molecule has 1 aliphatic heterocycles. The van der Waals surface area contributed by atoms with Gasteiger partial charge < -0.3 is 15.1 Å². The van der Waals surface area contributed by atoms with Crippen molar-refractivity contribution in [3.05, 3.63) is 0 Å². The minimum absolute atomic E-state index is 0.0660. The van der Waals surface area contributed by atoms with Gasteiger partial charge in [0.15, 0.2) is 0 Å². The second-order valence-electron chi connectivity index (χ2n) is 5.01. The highest BCUT2D eigenvalue weighted by Crippen LogP contribution is 2.34. The molecule has 2 N–H and O–H groups in total. The van der Waals surface area contributed by atoms with Crippen molar-refractivity contribution in [3.63, 3.8) is 0 Å². The van der Waals surface area contributed by atoms with Crippen LogP contribution in [0.3, 0.4) is 0 Å². The number of carbonyl (C=O) groups is 1. The van der Waals surface area contributed by atoms with Crippen LogP contribution in [-0.2, 0) is 0 Å². The molecule has 4 nitrogen and oxygen atoms in total. The van der Waals surface area contributed by atoms with E-state index in [1.807, 2.05) is 0 Å². The molecule has 0 spiro atoms. The van der Waals surface area contributed by atoms with E-state index in [2.05, 4.69) is 20.8 Å². The molecule has 1 heterocycles. The minimum atomic E-state index is -0.867. The van der Waals surface area contributed by atoms with Gasteiger partial charge in [-0.25, -0.2) is 4.79 Å². The number of piperidine rings is 1. The summed E-state index contributed by atoms with van der Waals surface area (Å²) in [5, 5.41) is 18.7. The lowest BCUT2D eigenvalue weighted by Gasteiger charge is -2.44. The zero-order valence-electron chi connectivity index (χ0n) is 9.73. The molecule has 88 valence electrons. The molecule has 0 aromatic rings. The largest absolute Gasteiger partial charge is 0.465 e. The molecule has 0 aliphatic carbocycles. The average molecular weight is 215 g/mol. The predicted octanol–water partition coefficient (Wildman–Crippen LogP) is 1.93. The second-order valence-corrected chi connectivity index (χ2v) is 5.01. The van der Waals surface area contributed by atoms with Crippen LogP contribution in [0.1, 0.15) is 40.0 Å². The number of rotatable bonds is 2. The fraction of sp³-hybridized carbons (Fsp3) is 0.909. The normalized spacial score (nSPS) is 27.9. The lowest BCUT2D eigenvalue weighted by Crippen LogP contribution is -2.53. The van der Waals surface area contributed by atoms with Crippen molar-refractivity contribution in [3.8, 4) is 0 Å². The molecule has 2 atom stereocenters. The Morgan fingerprint density at radius 1 is 1.53 bits per heavy atom. The summed E-state index contributed by atoms with van der Waals surface area (Å²) < 4.78 is 0. The molecule has 0 saturated carbocycles. The third kappa shape index (κ3) is 2.62. The Labute approximate surface area is 90.9 Å². The second kappa shape index (κ2) is 4.39. The molecule has 0 aromatic carbocycles. The van der Waals surface area contributed by atoms with Crippen LogP contribution in [-0.4, -0.2) is 39.9 Å². The first-order valence-corrected chi connectivity index (χ1v) is 5.56. The minimum Gasteiger partial charge on any atom is -0.465 e. The molecule has 1 saturated heterocycles. The van der Waals surface area contributed by atoms with Gasteiger partial charge in [-0.15, -0.1) is 0 Å². The molecule has 0 aromatic heterocycles. The van der Waals surface area contributed by atoms with Crippen LogP contribution in [0, 0.1) is 5.41 Å². The summed E-state index contributed by atoms with van der Waals surface area (Å²) in [7, 11) is 0. The predicted molar refractivity (Wildman–Crippen MR) is 57.8 cm³/mol. The number of aliphatic hydroxyl groups excluding tert-OH is 1. The first kappa shape index (κ1) is 12.3. The molecular formula is C11H21NO3. The van der Waals surface area contributed by atoms with Gasteiger partial charge in [0.2, 0.25) is 0 Å². The van der Waals surface area contributed by atoms with Gasteiger partial charge in [0.1, 0.15) is 0 Å². The topological polar surface area (TPSA) is 60.8 Å². The van der Waals surface area contributed by atoms with Gasteiger partial charge in [0, 0.05) is 12.6 Å². The number of carboxylic acid groups (broad SMARTS) is 1. The van der Waals surface area contributed by atoms with Crippen LogP contribution in [0.15, 0.2) is 0 Å². The zero-order chi connectivity index (χ0) is 11.6. The molecule has 0 radical (unpaired) electrons. The fourth-order valence-electron chi connectivity index (χ4n) is 2.15. The Hall–Kier alpha value is -0.770. The fourth-order valence-corrected chi connectivity index (χ4v) is 2.15. The van der Waals surface area contributed by atoms with E-state index in [-0.39, 0.29) is 17.6 Å². The highest BCUT2D eigenvalue weighted by atomic mass is 16.4. The van der Waals surface area contributed by atoms with Crippen LogP contribution in [0.25, 0.3) is 0 Å². The van der Waals surface area contributed by atoms with Gasteiger partial charge in [-0.05, 0) is 24.7 Å². The molecule has 1 amide bonds. The Kier molecular flexibility index (Phi) is 3.60. The third-order valence-corrected chi connectivity index (χ3v) is 3.63. The van der Waals surface area contributed by atoms with Crippen molar-refractivity contribution in [1.82, 2.24) is 4.90 Å². The van der Waals surface area contributed by atoms with Crippen molar-refractivity contribution >= 4 is 6.09 Å². The summed E-state index contributed by atoms with van der Waals surface area (Å²) >= 11 is 0. The maximum atomic E-state index is 11.1. The molecular weight excluding hydrogens is 194 g/mol. The Morgan fingerprint density at radius 3 is 2.60 bits per heavy atom. The van der Waals surface area contributed by atoms with E-state index in [0.717, 1.165) is 6.42 Å². The van der Waals surface area contributed by atoms with Gasteiger partial charge >= 0.3 is 6.09 Å². The number of nitrogens with zero attached hydrogens (tertiary/aromatic N) is 1. The van der Waals surface area contributed by atoms with Crippen molar-refractivity contribution in [2.75, 3.05) is 6.54 Å². The lowest BCUT2D eigenvalue weighted by atomic mass is 9.76. The van der Waals surface area contributed by atoms with E-state index < -0.39 is 6.09 Å². The molecule has 4 heteroatoms. The van der Waals surface area contributed by atoms with Gasteiger partial charge in [-0.1, -0.05) is 20.8 Å². The monoisotopic (exact) mass is 215 g/mol. The van der Waals surface area contributed by atoms with Crippen LogP contribution < -0.4 is 0 Å². The quantitative estimate of drug-likeness (QED) is 0.740. The van der Waals surface area contributed by atoms with Crippen molar-refractivity contribution in [1.29, 1.82) is 0 Å². The third-order valence-electron chi connectivity index (χ3n) is 3.63. The first-order chi connectivity index (χ1) is 6.88. The van der Waals surface area contributed by atoms with Crippen molar-refractivity contribution in [2.45, 2.75) is 52.2 Å². The molecule has 1 aliphatic rings. The van der Waals surface area contributed by atoms with Crippen LogP contribution >= 0.6 is 0 Å². The number of aliphatic hydroxyl groups is 1. The Balaban J connectivity index is 2.83. The SMILES string of the molecule is CCC(C)(C)C1CC(O)CCN1C(=O)O. The van der Waals surface area contributed by atoms with Gasteiger partial charge in [-0.2, -0.15) is 0 Å².